The largest absolute Gasteiger partial charge is 0.389 e. The van der Waals surface area contributed by atoms with Gasteiger partial charge in [-0.3, -0.25) is 0 Å². The molecule has 2 atom stereocenters. The van der Waals surface area contributed by atoms with Crippen LogP contribution < -0.4 is 0 Å². The third kappa shape index (κ3) is 2.28. The Hall–Kier alpha value is -0.100. The maximum Gasteiger partial charge on any atom is 0.150 e. The molecule has 14 heavy (non-hydrogen) atoms. The summed E-state index contributed by atoms with van der Waals surface area (Å²) in [6.07, 6.45) is 0.634. The van der Waals surface area contributed by atoms with Gasteiger partial charge in [-0.05, 0) is 6.42 Å². The smallest absolute Gasteiger partial charge is 0.150 e. The summed E-state index contributed by atoms with van der Waals surface area (Å²) >= 11 is 3.28. The Morgan fingerprint density at radius 1 is 1.71 bits per heavy atom. The molecular weight excluding hydrogens is 218 g/mol. The summed E-state index contributed by atoms with van der Waals surface area (Å²) in [5.41, 5.74) is 1.13. The maximum absolute atomic E-state index is 9.55. The zero-order chi connectivity index (χ0) is 9.97. The first-order chi connectivity index (χ1) is 6.79. The fourth-order valence-electron chi connectivity index (χ4n) is 1.27. The number of aliphatic hydroxyl groups excluding tert-OH is 1. The fraction of sp³-hybridized carbons (Fsp3) is 0.667. The summed E-state index contributed by atoms with van der Waals surface area (Å²) in [6, 6.07) is 0. The summed E-state index contributed by atoms with van der Waals surface area (Å²) in [6.45, 7) is 3.19. The monoisotopic (exact) mass is 231 g/mol. The Balaban J connectivity index is 1.96. The molecule has 1 aromatic heterocycles. The summed E-state index contributed by atoms with van der Waals surface area (Å²) in [5, 5.41) is 11.8. The van der Waals surface area contributed by atoms with E-state index in [-0.39, 0.29) is 11.4 Å². The highest BCUT2D eigenvalue weighted by atomic mass is 32.2. The minimum Gasteiger partial charge on any atom is -0.389 e. The highest BCUT2D eigenvalue weighted by Gasteiger charge is 2.27. The molecule has 1 saturated heterocycles. The lowest BCUT2D eigenvalue weighted by molar-refractivity contribution is 0.127. The Bertz CT molecular complexity index is 303. The summed E-state index contributed by atoms with van der Waals surface area (Å²) in [5.74, 6) is 0. The van der Waals surface area contributed by atoms with Gasteiger partial charge >= 0.3 is 0 Å². The topological polar surface area (TPSA) is 42.4 Å². The lowest BCUT2D eigenvalue weighted by Gasteiger charge is -2.08. The van der Waals surface area contributed by atoms with Gasteiger partial charge in [0.2, 0.25) is 0 Å². The van der Waals surface area contributed by atoms with Crippen LogP contribution in [0.3, 0.4) is 0 Å². The molecule has 1 aliphatic rings. The predicted molar refractivity (Wildman–Crippen MR) is 58.0 cm³/mol. The van der Waals surface area contributed by atoms with Gasteiger partial charge in [0.05, 0.1) is 30.3 Å². The molecule has 2 heterocycles. The van der Waals surface area contributed by atoms with Gasteiger partial charge in [0, 0.05) is 5.38 Å². The number of ether oxygens (including phenoxy) is 1. The highest BCUT2D eigenvalue weighted by molar-refractivity contribution is 8.01. The second-order valence-corrected chi connectivity index (χ2v) is 5.56. The number of aryl methyl sites for hydroxylation is 1. The molecule has 78 valence electrons. The molecule has 2 unspecified atom stereocenters. The Morgan fingerprint density at radius 3 is 3.14 bits per heavy atom. The average Bonchev–Trinajstić information content (AvgIpc) is 2.77. The third-order valence-electron chi connectivity index (χ3n) is 2.14. The number of nitrogens with zero attached hydrogens (tertiary/aromatic N) is 1. The van der Waals surface area contributed by atoms with E-state index in [9.17, 15) is 5.11 Å². The molecule has 3 nitrogen and oxygen atoms in total. The molecule has 2 rings (SSSR count). The first-order valence-corrected chi connectivity index (χ1v) is 6.42. The zero-order valence-corrected chi connectivity index (χ0v) is 9.61. The standard InChI is InChI=1S/C9H13NO2S2/c1-2-6-5-13-9(10-6)14-8-4-12-3-7(8)11/h5,7-8,11H,2-4H2,1H3. The van der Waals surface area contributed by atoms with Crippen molar-refractivity contribution in [3.8, 4) is 0 Å². The number of rotatable bonds is 3. The van der Waals surface area contributed by atoms with Gasteiger partial charge in [-0.1, -0.05) is 18.7 Å². The van der Waals surface area contributed by atoms with Crippen molar-refractivity contribution in [1.29, 1.82) is 0 Å². The molecule has 1 aromatic rings. The van der Waals surface area contributed by atoms with Crippen LogP contribution in [-0.2, 0) is 11.2 Å². The molecule has 0 radical (unpaired) electrons. The predicted octanol–water partition coefficient (Wildman–Crippen LogP) is 1.56. The van der Waals surface area contributed by atoms with Crippen molar-refractivity contribution in [3.63, 3.8) is 0 Å². The summed E-state index contributed by atoms with van der Waals surface area (Å²) in [7, 11) is 0. The van der Waals surface area contributed by atoms with Crippen LogP contribution in [0.25, 0.3) is 0 Å². The number of aliphatic hydroxyl groups is 1. The maximum atomic E-state index is 9.55. The van der Waals surface area contributed by atoms with Crippen molar-refractivity contribution in [2.24, 2.45) is 0 Å². The van der Waals surface area contributed by atoms with Gasteiger partial charge in [0.1, 0.15) is 0 Å². The molecule has 0 aromatic carbocycles. The van der Waals surface area contributed by atoms with Crippen molar-refractivity contribution >= 4 is 23.1 Å². The number of thioether (sulfide) groups is 1. The van der Waals surface area contributed by atoms with E-state index in [0.29, 0.717) is 13.2 Å². The van der Waals surface area contributed by atoms with Gasteiger partial charge in [-0.2, -0.15) is 0 Å². The molecule has 1 aliphatic heterocycles. The quantitative estimate of drug-likeness (QED) is 0.857. The first-order valence-electron chi connectivity index (χ1n) is 4.66. The minimum atomic E-state index is -0.339. The van der Waals surface area contributed by atoms with Crippen molar-refractivity contribution < 1.29 is 9.84 Å². The average molecular weight is 231 g/mol. The third-order valence-corrected chi connectivity index (χ3v) is 4.45. The van der Waals surface area contributed by atoms with E-state index in [1.807, 2.05) is 0 Å². The van der Waals surface area contributed by atoms with E-state index in [2.05, 4.69) is 17.3 Å². The van der Waals surface area contributed by atoms with Crippen LogP contribution in [-0.4, -0.2) is 34.7 Å². The van der Waals surface area contributed by atoms with E-state index in [0.717, 1.165) is 16.5 Å². The van der Waals surface area contributed by atoms with Crippen LogP contribution in [0.15, 0.2) is 9.72 Å². The molecule has 0 amide bonds. The van der Waals surface area contributed by atoms with Crippen molar-refractivity contribution in [2.45, 2.75) is 29.0 Å². The molecule has 1 fully saturated rings. The van der Waals surface area contributed by atoms with Gasteiger partial charge in [0.15, 0.2) is 4.34 Å². The van der Waals surface area contributed by atoms with Crippen LogP contribution in [0, 0.1) is 0 Å². The van der Waals surface area contributed by atoms with E-state index in [1.54, 1.807) is 23.1 Å². The molecule has 0 bridgehead atoms. The van der Waals surface area contributed by atoms with Crippen molar-refractivity contribution in [2.75, 3.05) is 13.2 Å². The van der Waals surface area contributed by atoms with Crippen LogP contribution in [0.4, 0.5) is 0 Å². The number of aromatic nitrogens is 1. The highest BCUT2D eigenvalue weighted by Crippen LogP contribution is 2.31. The van der Waals surface area contributed by atoms with E-state index in [1.165, 1.54) is 0 Å². The van der Waals surface area contributed by atoms with E-state index in [4.69, 9.17) is 4.74 Å². The van der Waals surface area contributed by atoms with Gasteiger partial charge in [-0.25, -0.2) is 4.98 Å². The Labute approximate surface area is 91.5 Å². The molecule has 5 heteroatoms. The Kier molecular flexibility index (Phi) is 3.43. The first kappa shape index (κ1) is 10.4. The normalized spacial score (nSPS) is 27.0. The molecule has 1 N–H and O–H groups in total. The van der Waals surface area contributed by atoms with Crippen LogP contribution in [0.2, 0.25) is 0 Å². The lowest BCUT2D eigenvalue weighted by Crippen LogP contribution is -2.19. The van der Waals surface area contributed by atoms with E-state index >= 15 is 0 Å². The summed E-state index contributed by atoms with van der Waals surface area (Å²) < 4.78 is 6.22. The minimum absolute atomic E-state index is 0.158. The summed E-state index contributed by atoms with van der Waals surface area (Å²) in [4.78, 5) is 4.44. The van der Waals surface area contributed by atoms with Gasteiger partial charge < -0.3 is 9.84 Å². The van der Waals surface area contributed by atoms with Crippen LogP contribution in [0.5, 0.6) is 0 Å². The van der Waals surface area contributed by atoms with Crippen LogP contribution in [0.1, 0.15) is 12.6 Å². The molecule has 0 aliphatic carbocycles. The zero-order valence-electron chi connectivity index (χ0n) is 7.97. The second kappa shape index (κ2) is 4.61. The van der Waals surface area contributed by atoms with E-state index < -0.39 is 0 Å². The molecular formula is C9H13NO2S2. The Morgan fingerprint density at radius 2 is 2.57 bits per heavy atom. The van der Waals surface area contributed by atoms with Crippen LogP contribution >= 0.6 is 23.1 Å². The molecule has 0 saturated carbocycles. The number of thiazole rings is 1. The van der Waals surface area contributed by atoms with Gasteiger partial charge in [0.25, 0.3) is 0 Å². The SMILES string of the molecule is CCc1csc(SC2COCC2O)n1. The fourth-order valence-corrected chi connectivity index (χ4v) is 3.46. The number of hydrogen-bond acceptors (Lipinski definition) is 5. The van der Waals surface area contributed by atoms with Crippen molar-refractivity contribution in [3.05, 3.63) is 11.1 Å². The lowest BCUT2D eigenvalue weighted by atomic mass is 10.3. The second-order valence-electron chi connectivity index (χ2n) is 3.22. The molecule has 0 spiro atoms. The van der Waals surface area contributed by atoms with Crippen molar-refractivity contribution in [1.82, 2.24) is 4.98 Å². The number of hydrogen-bond donors (Lipinski definition) is 1. The van der Waals surface area contributed by atoms with Gasteiger partial charge in [-0.15, -0.1) is 11.3 Å².